The molecule has 0 bridgehead atoms. The van der Waals surface area contributed by atoms with Crippen LogP contribution in [0.4, 0.5) is 0 Å². The van der Waals surface area contributed by atoms with Crippen molar-refractivity contribution in [3.63, 3.8) is 0 Å². The highest BCUT2D eigenvalue weighted by atomic mass is 32.2. The van der Waals surface area contributed by atoms with Gasteiger partial charge in [0.2, 0.25) is 5.91 Å². The van der Waals surface area contributed by atoms with Crippen LogP contribution in [0.3, 0.4) is 0 Å². The largest absolute Gasteiger partial charge is 0.351 e. The Balaban J connectivity index is 1.74. The molecule has 1 aliphatic rings. The lowest BCUT2D eigenvalue weighted by atomic mass is 9.99. The Morgan fingerprint density at radius 1 is 1.29 bits per heavy atom. The number of likely N-dealkylation sites (tertiary alicyclic amines) is 1. The number of nitrogens with two attached hydrogens (primary N) is 1. The zero-order valence-electron chi connectivity index (χ0n) is 15.0. The van der Waals surface area contributed by atoms with E-state index in [0.29, 0.717) is 6.54 Å². The Kier molecular flexibility index (Phi) is 8.09. The molecule has 1 aromatic carbocycles. The molecular weight excluding hydrogens is 318 g/mol. The maximum atomic E-state index is 11.9. The quantitative estimate of drug-likeness (QED) is 0.757. The molecule has 1 unspecified atom stereocenters. The molecule has 0 aromatic heterocycles. The first-order valence-electron chi connectivity index (χ1n) is 8.91. The molecule has 0 radical (unpaired) electrons. The topological polar surface area (TPSA) is 58.4 Å². The van der Waals surface area contributed by atoms with E-state index >= 15 is 0 Å². The van der Waals surface area contributed by atoms with Crippen molar-refractivity contribution >= 4 is 17.7 Å². The molecule has 1 atom stereocenters. The minimum Gasteiger partial charge on any atom is -0.351 e. The first kappa shape index (κ1) is 19.3. The van der Waals surface area contributed by atoms with Crippen LogP contribution >= 0.6 is 11.8 Å². The molecule has 1 fully saturated rings. The standard InChI is InChI=1S/C19H31N3OS/c1-15-7-10-22(11-8-15)14-17-5-3-16(4-6-17)13-21-19(23)18(20)9-12-24-2/h3-6,15,18H,7-14,20H2,1-2H3,(H,21,23). The lowest BCUT2D eigenvalue weighted by Crippen LogP contribution is -2.40. The number of piperidine rings is 1. The number of carbonyl (C=O) groups is 1. The van der Waals surface area contributed by atoms with E-state index in [9.17, 15) is 4.79 Å². The average molecular weight is 350 g/mol. The second-order valence-corrected chi connectivity index (χ2v) is 7.87. The molecule has 5 heteroatoms. The molecule has 134 valence electrons. The normalized spacial score (nSPS) is 17.6. The highest BCUT2D eigenvalue weighted by molar-refractivity contribution is 7.98. The third kappa shape index (κ3) is 6.46. The number of hydrogen-bond donors (Lipinski definition) is 2. The summed E-state index contributed by atoms with van der Waals surface area (Å²) >= 11 is 1.71. The van der Waals surface area contributed by atoms with Crippen LogP contribution in [0.25, 0.3) is 0 Å². The van der Waals surface area contributed by atoms with Crippen LogP contribution in [0.15, 0.2) is 24.3 Å². The van der Waals surface area contributed by atoms with Crippen LogP contribution in [-0.2, 0) is 17.9 Å². The fourth-order valence-electron chi connectivity index (χ4n) is 2.94. The molecule has 0 spiro atoms. The van der Waals surface area contributed by atoms with Crippen molar-refractivity contribution < 1.29 is 4.79 Å². The summed E-state index contributed by atoms with van der Waals surface area (Å²) in [5, 5.41) is 2.93. The molecule has 24 heavy (non-hydrogen) atoms. The van der Waals surface area contributed by atoms with Crippen molar-refractivity contribution in [3.8, 4) is 0 Å². The molecule has 1 heterocycles. The molecule has 1 amide bonds. The smallest absolute Gasteiger partial charge is 0.237 e. The molecule has 3 N–H and O–H groups in total. The van der Waals surface area contributed by atoms with Gasteiger partial charge in [0, 0.05) is 13.1 Å². The highest BCUT2D eigenvalue weighted by Gasteiger charge is 2.15. The number of nitrogens with zero attached hydrogens (tertiary/aromatic N) is 1. The first-order chi connectivity index (χ1) is 11.6. The average Bonchev–Trinajstić information content (AvgIpc) is 2.60. The van der Waals surface area contributed by atoms with E-state index in [1.807, 2.05) is 6.26 Å². The van der Waals surface area contributed by atoms with E-state index in [4.69, 9.17) is 5.73 Å². The highest BCUT2D eigenvalue weighted by Crippen LogP contribution is 2.18. The van der Waals surface area contributed by atoms with Gasteiger partial charge in [-0.05, 0) is 61.4 Å². The zero-order chi connectivity index (χ0) is 17.4. The van der Waals surface area contributed by atoms with Crippen molar-refractivity contribution in [3.05, 3.63) is 35.4 Å². The van der Waals surface area contributed by atoms with Crippen LogP contribution in [0.1, 0.15) is 37.3 Å². The molecule has 2 rings (SSSR count). The van der Waals surface area contributed by atoms with Crippen molar-refractivity contribution in [2.75, 3.05) is 25.1 Å². The van der Waals surface area contributed by atoms with Crippen LogP contribution in [0.5, 0.6) is 0 Å². The molecule has 4 nitrogen and oxygen atoms in total. The fourth-order valence-corrected chi connectivity index (χ4v) is 3.43. The van der Waals surface area contributed by atoms with Gasteiger partial charge in [0.1, 0.15) is 0 Å². The van der Waals surface area contributed by atoms with Gasteiger partial charge in [-0.1, -0.05) is 31.2 Å². The summed E-state index contributed by atoms with van der Waals surface area (Å²) < 4.78 is 0. The van der Waals surface area contributed by atoms with Crippen LogP contribution in [0.2, 0.25) is 0 Å². The molecule has 0 saturated carbocycles. The monoisotopic (exact) mass is 349 g/mol. The molecule has 1 aliphatic heterocycles. The molecular formula is C19H31N3OS. The lowest BCUT2D eigenvalue weighted by Gasteiger charge is -2.30. The first-order valence-corrected chi connectivity index (χ1v) is 10.3. The third-order valence-electron chi connectivity index (χ3n) is 4.74. The molecule has 1 saturated heterocycles. The van der Waals surface area contributed by atoms with Crippen LogP contribution in [-0.4, -0.2) is 41.9 Å². The number of benzene rings is 1. The van der Waals surface area contributed by atoms with Crippen molar-refractivity contribution in [1.82, 2.24) is 10.2 Å². The van der Waals surface area contributed by atoms with E-state index in [0.717, 1.165) is 30.2 Å². The number of hydrogen-bond acceptors (Lipinski definition) is 4. The van der Waals surface area contributed by atoms with E-state index in [2.05, 4.69) is 41.4 Å². The van der Waals surface area contributed by atoms with E-state index < -0.39 is 6.04 Å². The predicted octanol–water partition coefficient (Wildman–Crippen LogP) is 2.62. The van der Waals surface area contributed by atoms with Gasteiger partial charge in [-0.25, -0.2) is 0 Å². The van der Waals surface area contributed by atoms with Crippen molar-refractivity contribution in [2.24, 2.45) is 11.7 Å². The van der Waals surface area contributed by atoms with Gasteiger partial charge in [-0.3, -0.25) is 9.69 Å². The summed E-state index contributed by atoms with van der Waals surface area (Å²) in [5.41, 5.74) is 8.34. The zero-order valence-corrected chi connectivity index (χ0v) is 15.8. The van der Waals surface area contributed by atoms with E-state index in [1.54, 1.807) is 11.8 Å². The Morgan fingerprint density at radius 2 is 1.92 bits per heavy atom. The Morgan fingerprint density at radius 3 is 2.54 bits per heavy atom. The number of thioether (sulfide) groups is 1. The van der Waals surface area contributed by atoms with Gasteiger partial charge in [0.25, 0.3) is 0 Å². The second-order valence-electron chi connectivity index (χ2n) is 6.88. The number of carbonyl (C=O) groups excluding carboxylic acids is 1. The predicted molar refractivity (Wildman–Crippen MR) is 103 cm³/mol. The summed E-state index contributed by atoms with van der Waals surface area (Å²) in [6.07, 6.45) is 5.36. The lowest BCUT2D eigenvalue weighted by molar-refractivity contribution is -0.122. The maximum Gasteiger partial charge on any atom is 0.237 e. The number of nitrogens with one attached hydrogen (secondary N) is 1. The minimum absolute atomic E-state index is 0.0597. The van der Waals surface area contributed by atoms with Crippen LogP contribution in [0, 0.1) is 5.92 Å². The summed E-state index contributed by atoms with van der Waals surface area (Å²) in [4.78, 5) is 14.5. The van der Waals surface area contributed by atoms with Gasteiger partial charge < -0.3 is 11.1 Å². The van der Waals surface area contributed by atoms with Crippen molar-refractivity contribution in [2.45, 2.75) is 45.3 Å². The summed E-state index contributed by atoms with van der Waals surface area (Å²) in [6, 6.07) is 8.16. The summed E-state index contributed by atoms with van der Waals surface area (Å²) in [5.74, 6) is 1.73. The van der Waals surface area contributed by atoms with Gasteiger partial charge >= 0.3 is 0 Å². The Labute approximate surface area is 150 Å². The summed E-state index contributed by atoms with van der Waals surface area (Å²) in [6.45, 7) is 6.32. The number of rotatable bonds is 8. The third-order valence-corrected chi connectivity index (χ3v) is 5.39. The summed E-state index contributed by atoms with van der Waals surface area (Å²) in [7, 11) is 0. The van der Waals surface area contributed by atoms with Gasteiger partial charge in [-0.15, -0.1) is 0 Å². The number of amides is 1. The fraction of sp³-hybridized carbons (Fsp3) is 0.632. The van der Waals surface area contributed by atoms with Gasteiger partial charge in [0.15, 0.2) is 0 Å². The second kappa shape index (κ2) is 10.1. The Hall–Kier alpha value is -1.04. The van der Waals surface area contributed by atoms with Gasteiger partial charge in [0.05, 0.1) is 6.04 Å². The van der Waals surface area contributed by atoms with Gasteiger partial charge in [-0.2, -0.15) is 11.8 Å². The minimum atomic E-state index is -0.404. The maximum absolute atomic E-state index is 11.9. The molecule has 1 aromatic rings. The van der Waals surface area contributed by atoms with E-state index in [-0.39, 0.29) is 5.91 Å². The van der Waals surface area contributed by atoms with Crippen molar-refractivity contribution in [1.29, 1.82) is 0 Å². The van der Waals surface area contributed by atoms with E-state index in [1.165, 1.54) is 31.5 Å². The van der Waals surface area contributed by atoms with Crippen LogP contribution < -0.4 is 11.1 Å². The molecule has 0 aliphatic carbocycles. The Bertz CT molecular complexity index is 498. The SMILES string of the molecule is CSCCC(N)C(=O)NCc1ccc(CN2CCC(C)CC2)cc1.